The summed E-state index contributed by atoms with van der Waals surface area (Å²) in [6, 6.07) is 45.8. The number of esters is 2. The van der Waals surface area contributed by atoms with Crippen molar-refractivity contribution in [3.05, 3.63) is 166 Å². The fourth-order valence-corrected chi connectivity index (χ4v) is 26.3. The van der Waals surface area contributed by atoms with Crippen LogP contribution in [-0.2, 0) is 37.3 Å². The molecule has 7 nitrogen and oxygen atoms in total. The minimum absolute atomic E-state index is 0.0464. The van der Waals surface area contributed by atoms with Crippen molar-refractivity contribution in [1.29, 1.82) is 0 Å². The van der Waals surface area contributed by atoms with Crippen molar-refractivity contribution >= 4 is 22.7 Å². The number of aliphatic hydroxyl groups is 3. The van der Waals surface area contributed by atoms with Crippen LogP contribution in [0.15, 0.2) is 133 Å². The van der Waals surface area contributed by atoms with Crippen LogP contribution in [0.2, 0.25) is 0 Å². The van der Waals surface area contributed by atoms with Crippen molar-refractivity contribution in [3.63, 3.8) is 0 Å². The first-order chi connectivity index (χ1) is 46.1. The van der Waals surface area contributed by atoms with Gasteiger partial charge in [0.25, 0.3) is 0 Å². The molecular formula is C88H102O7. The topological polar surface area (TPSA) is 113 Å². The number of carbonyl (C=O) groups excluding carboxylic acids is 2. The molecule has 20 atom stereocenters. The Kier molecular flexibility index (Phi) is 15.4. The number of cyclic esters (lactones) is 1. The van der Waals surface area contributed by atoms with Gasteiger partial charge >= 0.3 is 11.9 Å². The number of hydrogen-bond acceptors (Lipinski definition) is 7. The van der Waals surface area contributed by atoms with Crippen molar-refractivity contribution in [2.24, 2.45) is 73.9 Å². The molecule has 0 amide bonds. The van der Waals surface area contributed by atoms with Crippen LogP contribution in [0, 0.1) is 97.6 Å². The Bertz CT molecular complexity index is 3960. The molecule has 0 radical (unpaired) electrons. The van der Waals surface area contributed by atoms with Crippen LogP contribution in [0.1, 0.15) is 232 Å². The SMILES string of the molecule is C[C@H](CCCc1ccccc1)C[C@@H]1C#C[C@H]2CC[C@@H](Cc3ccccc3)C[C@]23CC#C[C@@]2(C)C[C@@H](OC3=O)[C@H]3[C@](C)([C@@H]4CC[C@]56CC7(CCCC7)[C@H]7C[C@]8(c9ccccc9)CCCC[C@@H]8c8ccc9cccc(c9c8[C@H]75)[C@@H]6C4)CC[C@@H](O)[C@]3([C@H]1O)[C@@]2(O)CCC1=CC(=O)OC1. The number of ether oxygens (including phenoxy) is 2. The molecule has 5 aromatic carbocycles. The van der Waals surface area contributed by atoms with E-state index in [1.807, 2.05) is 0 Å². The molecule has 5 aromatic rings. The van der Waals surface area contributed by atoms with Crippen LogP contribution in [0.3, 0.4) is 0 Å². The van der Waals surface area contributed by atoms with E-state index in [1.54, 1.807) is 33.7 Å². The molecule has 7 saturated carbocycles. The van der Waals surface area contributed by atoms with E-state index < -0.39 is 57.4 Å². The zero-order chi connectivity index (χ0) is 64.7. The second-order valence-electron chi connectivity index (χ2n) is 34.4. The smallest absolute Gasteiger partial charge is 0.331 e. The van der Waals surface area contributed by atoms with E-state index in [1.165, 1.54) is 80.7 Å². The quantitative estimate of drug-likeness (QED) is 0.0795. The summed E-state index contributed by atoms with van der Waals surface area (Å²) in [6.45, 7) is 7.00. The molecule has 496 valence electrons. The first kappa shape index (κ1) is 62.6. The summed E-state index contributed by atoms with van der Waals surface area (Å²) in [5.74, 6) is 15.2. The number of hydrogen-bond donors (Lipinski definition) is 3. The fourth-order valence-electron chi connectivity index (χ4n) is 26.3. The van der Waals surface area contributed by atoms with Gasteiger partial charge in [0.15, 0.2) is 0 Å². The van der Waals surface area contributed by atoms with Crippen molar-refractivity contribution < 1.29 is 34.4 Å². The number of fused-ring (bicyclic) bond motifs is 6. The van der Waals surface area contributed by atoms with Crippen molar-refractivity contribution in [2.75, 3.05) is 6.61 Å². The normalized spacial score (nSPS) is 41.0. The molecule has 3 heterocycles. The fraction of sp³-hybridized carbons (Fsp3) is 0.591. The molecule has 0 aromatic heterocycles. The third-order valence-electron chi connectivity index (χ3n) is 30.2. The van der Waals surface area contributed by atoms with Crippen molar-refractivity contribution in [3.8, 4) is 23.7 Å². The minimum atomic E-state index is -1.86. The maximum absolute atomic E-state index is 16.7. The average Bonchev–Trinajstić information content (AvgIpc) is 1.63. The standard InChI is InChI=1S/C88H102O7/c1-57(20-17-25-58-21-7-4-8-22-58)48-63-32-35-65-34-31-60(49-59-23-9-5-10-24-59)52-85(65)44-19-40-81(2)54-72(95-80(85)92)78-82(3,45-39-73(89)88(78,79(63)91)87(81,93)47-37-61-50-74(90)94-55-61)66-38-46-86-56-83(41-15-16-42-83)71-53-84(64-27-11-6-12-28-64)43-14-13-30-69(84)68-36-33-62-26-18-29-67(70(86)51-66)75(62)76(68)77(71)86/h4-12,18,21-24,26-29,33,36,50,57,60,63,65-66,69-73,77-79,89,91,93H,13-17,20,25,30-31,34,37-39,41-49,51-56H2,1-3H3/t57-,60+,63+,65-,66-,69-,70+,71+,72-,73-,77+,78+,79+,81+,82+,84+,85-,86-,87-,88+/m1/s1. The molecule has 0 saturated heterocycles. The molecule has 12 aliphatic rings. The highest BCUT2D eigenvalue weighted by molar-refractivity contribution is 5.93. The first-order valence-electron chi connectivity index (χ1n) is 37.9. The molecule has 17 rings (SSSR count). The van der Waals surface area contributed by atoms with Gasteiger partial charge in [-0.2, -0.15) is 0 Å². The van der Waals surface area contributed by atoms with Gasteiger partial charge < -0.3 is 24.8 Å². The maximum atomic E-state index is 16.7. The number of benzene rings is 5. The van der Waals surface area contributed by atoms with Gasteiger partial charge in [0.1, 0.15) is 12.7 Å². The van der Waals surface area contributed by atoms with Gasteiger partial charge in [-0.3, -0.25) is 4.79 Å². The lowest BCUT2D eigenvalue weighted by Gasteiger charge is -2.72. The molecule has 95 heavy (non-hydrogen) atoms. The van der Waals surface area contributed by atoms with Crippen LogP contribution < -0.4 is 0 Å². The van der Waals surface area contributed by atoms with Gasteiger partial charge in [0, 0.05) is 42.1 Å². The van der Waals surface area contributed by atoms with Gasteiger partial charge in [0.2, 0.25) is 0 Å². The number of aryl methyl sites for hydroxylation is 1. The van der Waals surface area contributed by atoms with Gasteiger partial charge in [0.05, 0.1) is 34.1 Å². The first-order valence-corrected chi connectivity index (χ1v) is 37.9. The predicted molar refractivity (Wildman–Crippen MR) is 373 cm³/mol. The van der Waals surface area contributed by atoms with E-state index in [4.69, 9.17) is 9.47 Å². The highest BCUT2D eigenvalue weighted by atomic mass is 16.5. The molecule has 7 fully saturated rings. The molecule has 7 heteroatoms. The Morgan fingerprint density at radius 3 is 2.25 bits per heavy atom. The highest BCUT2D eigenvalue weighted by Gasteiger charge is 2.80. The Hall–Kier alpha value is -5.96. The lowest BCUT2D eigenvalue weighted by Crippen LogP contribution is -2.80. The summed E-state index contributed by atoms with van der Waals surface area (Å²) in [4.78, 5) is 29.7. The van der Waals surface area contributed by atoms with Crippen molar-refractivity contribution in [2.45, 2.75) is 241 Å². The van der Waals surface area contributed by atoms with E-state index in [-0.39, 0.29) is 83.6 Å². The molecular weight excluding hydrogens is 1170 g/mol. The minimum Gasteiger partial charge on any atom is -0.461 e. The molecule has 9 aliphatic carbocycles. The largest absolute Gasteiger partial charge is 0.461 e. The third-order valence-corrected chi connectivity index (χ3v) is 30.2. The maximum Gasteiger partial charge on any atom is 0.331 e. The van der Waals surface area contributed by atoms with E-state index in [0.717, 1.165) is 56.9 Å². The van der Waals surface area contributed by atoms with Crippen LogP contribution in [0.25, 0.3) is 10.8 Å². The number of carbonyl (C=O) groups is 2. The predicted octanol–water partition coefficient (Wildman–Crippen LogP) is 17.6. The van der Waals surface area contributed by atoms with E-state index in [2.05, 4.69) is 166 Å². The second kappa shape index (κ2) is 23.3. The summed E-state index contributed by atoms with van der Waals surface area (Å²) in [6.07, 6.45) is 22.6. The van der Waals surface area contributed by atoms with Crippen molar-refractivity contribution in [1.82, 2.24) is 0 Å². The molecule has 3 N–H and O–H groups in total. The van der Waals surface area contributed by atoms with Crippen LogP contribution in [0.5, 0.6) is 0 Å². The third kappa shape index (κ3) is 9.35. The zero-order valence-corrected chi connectivity index (χ0v) is 56.9. The molecule has 4 bridgehead atoms. The van der Waals surface area contributed by atoms with Gasteiger partial charge in [-0.1, -0.05) is 185 Å². The summed E-state index contributed by atoms with van der Waals surface area (Å²) in [5, 5.41) is 47.4. The monoisotopic (exact) mass is 1270 g/mol. The molecule has 3 spiro atoms. The Balaban J connectivity index is 0.837. The summed E-state index contributed by atoms with van der Waals surface area (Å²) >= 11 is 0. The van der Waals surface area contributed by atoms with Gasteiger partial charge in [-0.05, 0) is 243 Å². The summed E-state index contributed by atoms with van der Waals surface area (Å²) < 4.78 is 13.3. The highest BCUT2D eigenvalue weighted by Crippen LogP contribution is 2.82. The van der Waals surface area contributed by atoms with Gasteiger partial charge in [-0.25, -0.2) is 4.79 Å². The lowest BCUT2D eigenvalue weighted by atomic mass is 9.34. The molecule has 0 unspecified atom stereocenters. The number of aliphatic hydroxyl groups excluding tert-OH is 2. The van der Waals surface area contributed by atoms with Crippen LogP contribution >= 0.6 is 0 Å². The summed E-state index contributed by atoms with van der Waals surface area (Å²) in [5.41, 5.74) is 3.73. The average molecular weight is 1270 g/mol. The Morgan fingerprint density at radius 2 is 1.47 bits per heavy atom. The lowest BCUT2D eigenvalue weighted by molar-refractivity contribution is -0.343. The van der Waals surface area contributed by atoms with E-state index in [0.29, 0.717) is 56.3 Å². The van der Waals surface area contributed by atoms with Crippen LogP contribution in [0.4, 0.5) is 0 Å². The van der Waals surface area contributed by atoms with Gasteiger partial charge in [-0.15, -0.1) is 5.92 Å². The summed E-state index contributed by atoms with van der Waals surface area (Å²) in [7, 11) is 0. The Labute approximate surface area is 565 Å². The van der Waals surface area contributed by atoms with E-state index in [9.17, 15) is 15.0 Å². The Morgan fingerprint density at radius 1 is 0.705 bits per heavy atom. The molecule has 3 aliphatic heterocycles. The van der Waals surface area contributed by atoms with E-state index >= 15 is 9.90 Å². The number of rotatable bonds is 13. The zero-order valence-electron chi connectivity index (χ0n) is 56.9. The van der Waals surface area contributed by atoms with Crippen LogP contribution in [-0.4, -0.2) is 57.8 Å². The second-order valence-corrected chi connectivity index (χ2v) is 34.4.